The van der Waals surface area contributed by atoms with Crippen LogP contribution in [0.4, 0.5) is 11.6 Å². The SMILES string of the molecule is CCC1C=Cc2c(cccc2-c2nc(N3CCC(CCc4ccc(O)cc4)CC3)nc3c2ncn3CC(=O)O)N1. The van der Waals surface area contributed by atoms with E-state index in [0.29, 0.717) is 28.8 Å². The maximum absolute atomic E-state index is 11.6. The molecule has 0 radical (unpaired) electrons. The van der Waals surface area contributed by atoms with Crippen molar-refractivity contribution in [3.05, 3.63) is 66.0 Å². The van der Waals surface area contributed by atoms with Crippen molar-refractivity contribution in [3.8, 4) is 17.0 Å². The number of phenolic OH excluding ortho intramolecular Hbond substituents is 1. The van der Waals surface area contributed by atoms with Gasteiger partial charge in [0.1, 0.15) is 23.5 Å². The normalized spacial score (nSPS) is 17.1. The van der Waals surface area contributed by atoms with Crippen molar-refractivity contribution < 1.29 is 15.0 Å². The highest BCUT2D eigenvalue weighted by Crippen LogP contribution is 2.37. The summed E-state index contributed by atoms with van der Waals surface area (Å²) in [6.45, 7) is 3.62. The number of carboxylic acid groups (broad SMARTS) is 1. The van der Waals surface area contributed by atoms with Crippen molar-refractivity contribution in [1.82, 2.24) is 19.5 Å². The molecule has 1 unspecified atom stereocenters. The number of hydrogen-bond acceptors (Lipinski definition) is 7. The Morgan fingerprint density at radius 3 is 2.65 bits per heavy atom. The maximum atomic E-state index is 11.6. The number of piperidine rings is 1. The van der Waals surface area contributed by atoms with Crippen molar-refractivity contribution in [2.45, 2.75) is 51.6 Å². The summed E-state index contributed by atoms with van der Waals surface area (Å²) in [5.41, 5.74) is 6.16. The summed E-state index contributed by atoms with van der Waals surface area (Å²) in [5, 5.41) is 22.6. The number of anilines is 2. The predicted octanol–water partition coefficient (Wildman–Crippen LogP) is 5.35. The summed E-state index contributed by atoms with van der Waals surface area (Å²) in [4.78, 5) is 28.3. The van der Waals surface area contributed by atoms with Gasteiger partial charge in [0, 0.05) is 35.9 Å². The van der Waals surface area contributed by atoms with Crippen molar-refractivity contribution in [1.29, 1.82) is 0 Å². The number of aliphatic carboxylic acids is 1. The second-order valence-corrected chi connectivity index (χ2v) is 10.7. The standard InChI is InChI=1S/C31H34N6O3/c1-2-22-10-13-24-25(4-3-5-26(24)33-22)28-29-30(37(19-32-29)18-27(39)40)35-31(34-28)36-16-14-21(15-17-36)7-6-20-8-11-23(38)12-9-20/h3-5,8-13,19,21-22,33,38H,2,6-7,14-18H2,1H3,(H,39,40). The lowest BCUT2D eigenvalue weighted by Crippen LogP contribution is -2.35. The third-order valence-electron chi connectivity index (χ3n) is 8.07. The molecular formula is C31H34N6O3. The van der Waals surface area contributed by atoms with E-state index in [1.54, 1.807) is 23.0 Å². The summed E-state index contributed by atoms with van der Waals surface area (Å²) in [6, 6.07) is 13.9. The Bertz CT molecular complexity index is 1550. The van der Waals surface area contributed by atoms with E-state index in [4.69, 9.17) is 9.97 Å². The second-order valence-electron chi connectivity index (χ2n) is 10.7. The van der Waals surface area contributed by atoms with Crippen LogP contribution in [-0.4, -0.2) is 54.8 Å². The predicted molar refractivity (Wildman–Crippen MR) is 156 cm³/mol. The summed E-state index contributed by atoms with van der Waals surface area (Å²) in [5.74, 6) is 0.579. The molecule has 0 bridgehead atoms. The quantitative estimate of drug-likeness (QED) is 0.275. The first-order valence-electron chi connectivity index (χ1n) is 14.0. The number of fused-ring (bicyclic) bond motifs is 2. The molecule has 4 aromatic rings. The molecule has 6 rings (SSSR count). The van der Waals surface area contributed by atoms with E-state index in [2.05, 4.69) is 46.4 Å². The average Bonchev–Trinajstić information content (AvgIpc) is 3.38. The van der Waals surface area contributed by atoms with Gasteiger partial charge in [-0.25, -0.2) is 9.97 Å². The molecule has 0 saturated carbocycles. The first-order chi connectivity index (χ1) is 19.5. The van der Waals surface area contributed by atoms with Crippen LogP contribution < -0.4 is 10.2 Å². The number of phenols is 1. The molecule has 1 saturated heterocycles. The Labute approximate surface area is 233 Å². The zero-order valence-corrected chi connectivity index (χ0v) is 22.6. The third-order valence-corrected chi connectivity index (χ3v) is 8.07. The number of nitrogens with one attached hydrogen (secondary N) is 1. The molecule has 3 N–H and O–H groups in total. The first kappa shape index (κ1) is 25.9. The van der Waals surface area contributed by atoms with Gasteiger partial charge in [-0.15, -0.1) is 0 Å². The van der Waals surface area contributed by atoms with Gasteiger partial charge in [0.25, 0.3) is 0 Å². The van der Waals surface area contributed by atoms with Crippen molar-refractivity contribution in [2.75, 3.05) is 23.3 Å². The number of aromatic nitrogens is 4. The lowest BCUT2D eigenvalue weighted by molar-refractivity contribution is -0.137. The van der Waals surface area contributed by atoms with Crippen LogP contribution in [-0.2, 0) is 17.8 Å². The number of rotatable bonds is 8. The van der Waals surface area contributed by atoms with Gasteiger partial charge < -0.3 is 25.0 Å². The number of aryl methyl sites for hydroxylation is 1. The lowest BCUT2D eigenvalue weighted by Gasteiger charge is -2.32. The van der Waals surface area contributed by atoms with Gasteiger partial charge in [-0.3, -0.25) is 4.79 Å². The van der Waals surface area contributed by atoms with Crippen LogP contribution in [0.25, 0.3) is 28.5 Å². The molecule has 40 heavy (non-hydrogen) atoms. The fourth-order valence-corrected chi connectivity index (χ4v) is 5.75. The molecule has 9 nitrogen and oxygen atoms in total. The molecule has 0 spiro atoms. The van der Waals surface area contributed by atoms with Gasteiger partial charge >= 0.3 is 5.97 Å². The van der Waals surface area contributed by atoms with Crippen LogP contribution in [0.1, 0.15) is 43.7 Å². The Morgan fingerprint density at radius 2 is 1.90 bits per heavy atom. The largest absolute Gasteiger partial charge is 0.508 e. The summed E-state index contributed by atoms with van der Waals surface area (Å²) in [6.07, 6.45) is 11.0. The smallest absolute Gasteiger partial charge is 0.323 e. The van der Waals surface area contributed by atoms with Crippen molar-refractivity contribution in [2.24, 2.45) is 5.92 Å². The lowest BCUT2D eigenvalue weighted by atomic mass is 9.90. The Morgan fingerprint density at radius 1 is 1.10 bits per heavy atom. The number of aromatic hydroxyl groups is 1. The molecule has 1 atom stereocenters. The van der Waals surface area contributed by atoms with Crippen LogP contribution >= 0.6 is 0 Å². The highest BCUT2D eigenvalue weighted by Gasteiger charge is 2.25. The first-order valence-corrected chi connectivity index (χ1v) is 14.0. The number of carboxylic acids is 1. The number of nitrogens with zero attached hydrogens (tertiary/aromatic N) is 5. The van der Waals surface area contributed by atoms with Crippen molar-refractivity contribution >= 4 is 34.8 Å². The maximum Gasteiger partial charge on any atom is 0.323 e. The zero-order chi connectivity index (χ0) is 27.6. The average molecular weight is 539 g/mol. The minimum Gasteiger partial charge on any atom is -0.508 e. The van der Waals surface area contributed by atoms with Crippen LogP contribution in [0.15, 0.2) is 54.9 Å². The molecular weight excluding hydrogens is 504 g/mol. The van der Waals surface area contributed by atoms with E-state index in [-0.39, 0.29) is 12.6 Å². The number of imidazole rings is 1. The molecule has 1 fully saturated rings. The fraction of sp³-hybridized carbons (Fsp3) is 0.355. The monoisotopic (exact) mass is 538 g/mol. The molecule has 0 aliphatic carbocycles. The van der Waals surface area contributed by atoms with E-state index in [9.17, 15) is 15.0 Å². The van der Waals surface area contributed by atoms with Crippen LogP contribution in [0.3, 0.4) is 0 Å². The van der Waals surface area contributed by atoms with Crippen LogP contribution in [0.5, 0.6) is 5.75 Å². The minimum atomic E-state index is -0.940. The van der Waals surface area contributed by atoms with E-state index >= 15 is 0 Å². The fourth-order valence-electron chi connectivity index (χ4n) is 5.75. The van der Waals surface area contributed by atoms with E-state index in [1.807, 2.05) is 18.2 Å². The van der Waals surface area contributed by atoms with Gasteiger partial charge in [-0.2, -0.15) is 4.98 Å². The second kappa shape index (κ2) is 11.0. The number of carbonyl (C=O) groups is 1. The Kier molecular flexibility index (Phi) is 7.11. The van der Waals surface area contributed by atoms with Crippen LogP contribution in [0, 0.1) is 5.92 Å². The van der Waals surface area contributed by atoms with E-state index in [1.165, 1.54) is 5.56 Å². The molecule has 2 aliphatic heterocycles. The molecule has 9 heteroatoms. The highest BCUT2D eigenvalue weighted by atomic mass is 16.4. The minimum absolute atomic E-state index is 0.210. The third kappa shape index (κ3) is 5.23. The summed E-state index contributed by atoms with van der Waals surface area (Å²) >= 11 is 0. The molecule has 0 amide bonds. The van der Waals surface area contributed by atoms with Gasteiger partial charge in [-0.1, -0.05) is 43.3 Å². The summed E-state index contributed by atoms with van der Waals surface area (Å²) < 4.78 is 1.59. The number of hydrogen-bond donors (Lipinski definition) is 3. The Hall–Kier alpha value is -4.40. The van der Waals surface area contributed by atoms with Crippen LogP contribution in [0.2, 0.25) is 0 Å². The van der Waals surface area contributed by atoms with Gasteiger partial charge in [0.2, 0.25) is 5.95 Å². The van der Waals surface area contributed by atoms with Gasteiger partial charge in [-0.05, 0) is 61.8 Å². The molecule has 4 heterocycles. The Balaban J connectivity index is 1.29. The van der Waals surface area contributed by atoms with Gasteiger partial charge in [0.15, 0.2) is 5.65 Å². The topological polar surface area (TPSA) is 116 Å². The molecule has 2 aromatic heterocycles. The summed E-state index contributed by atoms with van der Waals surface area (Å²) in [7, 11) is 0. The molecule has 206 valence electrons. The van der Waals surface area contributed by atoms with Gasteiger partial charge in [0.05, 0.1) is 6.33 Å². The highest BCUT2D eigenvalue weighted by molar-refractivity contribution is 5.94. The van der Waals surface area contributed by atoms with Crippen molar-refractivity contribution in [3.63, 3.8) is 0 Å². The van der Waals surface area contributed by atoms with E-state index in [0.717, 1.165) is 67.7 Å². The number of benzene rings is 2. The molecule has 2 aromatic carbocycles. The molecule has 2 aliphatic rings. The van der Waals surface area contributed by atoms with E-state index < -0.39 is 5.97 Å². The zero-order valence-electron chi connectivity index (χ0n) is 22.6.